The smallest absolute Gasteiger partial charge is 0.223 e. The fourth-order valence-corrected chi connectivity index (χ4v) is 3.57. The standard InChI is InChI=1S/C16H23N11/c1-2-27-14(8-26-10-19-9-20-26)23-24-15(27)11-3-5-25(6-4-11)13-7-12(17)21-16(18)22-13/h7,9-11H,2-6,8H2,1H3,(H4,17,18,21,22). The predicted octanol–water partition coefficient (Wildman–Crippen LogP) is 0.276. The highest BCUT2D eigenvalue weighted by atomic mass is 15.4. The molecule has 0 aromatic carbocycles. The highest BCUT2D eigenvalue weighted by Gasteiger charge is 2.26. The van der Waals surface area contributed by atoms with Gasteiger partial charge in [0.05, 0.1) is 0 Å². The molecule has 0 saturated carbocycles. The van der Waals surface area contributed by atoms with Crippen LogP contribution in [-0.2, 0) is 13.1 Å². The van der Waals surface area contributed by atoms with Crippen LogP contribution in [0.25, 0.3) is 0 Å². The van der Waals surface area contributed by atoms with E-state index in [1.807, 2.05) is 0 Å². The number of aromatic nitrogens is 8. The molecule has 0 bridgehead atoms. The molecule has 0 radical (unpaired) electrons. The number of rotatable bonds is 5. The molecule has 0 unspecified atom stereocenters. The zero-order valence-corrected chi connectivity index (χ0v) is 15.2. The molecular formula is C16H23N11. The van der Waals surface area contributed by atoms with Gasteiger partial charge in [0.15, 0.2) is 5.82 Å². The van der Waals surface area contributed by atoms with Gasteiger partial charge in [-0.25, -0.2) is 9.67 Å². The first-order chi connectivity index (χ1) is 13.1. The number of nitrogens with two attached hydrogens (primary N) is 2. The van der Waals surface area contributed by atoms with Gasteiger partial charge in [0.25, 0.3) is 0 Å². The topological polar surface area (TPSA) is 142 Å². The summed E-state index contributed by atoms with van der Waals surface area (Å²) >= 11 is 0. The van der Waals surface area contributed by atoms with Crippen LogP contribution in [0.15, 0.2) is 18.7 Å². The van der Waals surface area contributed by atoms with E-state index in [0.717, 1.165) is 49.9 Å². The summed E-state index contributed by atoms with van der Waals surface area (Å²) in [6.45, 7) is 5.22. The summed E-state index contributed by atoms with van der Waals surface area (Å²) in [7, 11) is 0. The van der Waals surface area contributed by atoms with Gasteiger partial charge in [-0.2, -0.15) is 15.1 Å². The van der Waals surface area contributed by atoms with E-state index in [1.54, 1.807) is 17.1 Å². The van der Waals surface area contributed by atoms with E-state index in [-0.39, 0.29) is 5.95 Å². The molecule has 1 aliphatic heterocycles. The predicted molar refractivity (Wildman–Crippen MR) is 99.9 cm³/mol. The monoisotopic (exact) mass is 369 g/mol. The Balaban J connectivity index is 1.47. The molecule has 11 heteroatoms. The Labute approximate surface area is 156 Å². The lowest BCUT2D eigenvalue weighted by Gasteiger charge is -2.32. The van der Waals surface area contributed by atoms with E-state index in [9.17, 15) is 0 Å². The number of piperidine rings is 1. The van der Waals surface area contributed by atoms with Gasteiger partial charge in [-0.3, -0.25) is 0 Å². The lowest BCUT2D eigenvalue weighted by Crippen LogP contribution is -2.34. The quantitative estimate of drug-likeness (QED) is 0.648. The number of hydrogen-bond donors (Lipinski definition) is 2. The third-order valence-corrected chi connectivity index (χ3v) is 4.88. The fraction of sp³-hybridized carbons (Fsp3) is 0.500. The molecule has 3 aromatic rings. The molecule has 4 heterocycles. The Bertz CT molecular complexity index is 873. The second-order valence-corrected chi connectivity index (χ2v) is 6.58. The maximum absolute atomic E-state index is 5.79. The van der Waals surface area contributed by atoms with Crippen molar-refractivity contribution in [2.75, 3.05) is 29.5 Å². The van der Waals surface area contributed by atoms with Crippen molar-refractivity contribution in [3.63, 3.8) is 0 Å². The lowest BCUT2D eigenvalue weighted by atomic mass is 9.96. The molecule has 11 nitrogen and oxygen atoms in total. The van der Waals surface area contributed by atoms with Crippen LogP contribution in [0, 0.1) is 0 Å². The average molecular weight is 369 g/mol. The van der Waals surface area contributed by atoms with Crippen molar-refractivity contribution >= 4 is 17.6 Å². The number of hydrogen-bond acceptors (Lipinski definition) is 9. The normalized spacial score (nSPS) is 15.4. The van der Waals surface area contributed by atoms with Gasteiger partial charge in [-0.05, 0) is 19.8 Å². The van der Waals surface area contributed by atoms with E-state index in [0.29, 0.717) is 18.3 Å². The largest absolute Gasteiger partial charge is 0.383 e. The molecule has 0 amide bonds. The average Bonchev–Trinajstić information content (AvgIpc) is 3.31. The van der Waals surface area contributed by atoms with Crippen molar-refractivity contribution in [2.24, 2.45) is 0 Å². The minimum absolute atomic E-state index is 0.204. The minimum Gasteiger partial charge on any atom is -0.383 e. The van der Waals surface area contributed by atoms with Crippen LogP contribution in [0.5, 0.6) is 0 Å². The molecular weight excluding hydrogens is 346 g/mol. The summed E-state index contributed by atoms with van der Waals surface area (Å²) < 4.78 is 3.94. The van der Waals surface area contributed by atoms with E-state index in [2.05, 4.69) is 46.6 Å². The molecule has 3 aromatic heterocycles. The van der Waals surface area contributed by atoms with Gasteiger partial charge in [0.2, 0.25) is 5.95 Å². The second kappa shape index (κ2) is 7.17. The first kappa shape index (κ1) is 17.2. The summed E-state index contributed by atoms with van der Waals surface area (Å²) in [5.74, 6) is 3.67. The Hall–Kier alpha value is -3.24. The molecule has 4 N–H and O–H groups in total. The van der Waals surface area contributed by atoms with Crippen LogP contribution >= 0.6 is 0 Å². The van der Waals surface area contributed by atoms with Crippen molar-refractivity contribution in [1.29, 1.82) is 0 Å². The van der Waals surface area contributed by atoms with E-state index in [4.69, 9.17) is 11.5 Å². The van der Waals surface area contributed by atoms with E-state index < -0.39 is 0 Å². The maximum atomic E-state index is 5.79. The van der Waals surface area contributed by atoms with Crippen molar-refractivity contribution in [3.8, 4) is 0 Å². The minimum atomic E-state index is 0.204. The Morgan fingerprint density at radius 2 is 1.96 bits per heavy atom. The van der Waals surface area contributed by atoms with Crippen molar-refractivity contribution in [2.45, 2.75) is 38.8 Å². The molecule has 1 saturated heterocycles. The molecule has 0 spiro atoms. The summed E-state index contributed by atoms with van der Waals surface area (Å²) in [6, 6.07) is 1.77. The summed E-state index contributed by atoms with van der Waals surface area (Å²) in [5, 5.41) is 13.0. The number of anilines is 3. The SMILES string of the molecule is CCn1c(Cn2cncn2)nnc1C1CCN(c2cc(N)nc(N)n2)CC1. The molecule has 0 aliphatic carbocycles. The second-order valence-electron chi connectivity index (χ2n) is 6.58. The summed E-state index contributed by atoms with van der Waals surface area (Å²) in [5.41, 5.74) is 11.5. The molecule has 1 aliphatic rings. The first-order valence-electron chi connectivity index (χ1n) is 9.03. The van der Waals surface area contributed by atoms with Gasteiger partial charge in [0, 0.05) is 31.6 Å². The van der Waals surface area contributed by atoms with Crippen LogP contribution in [0.4, 0.5) is 17.6 Å². The van der Waals surface area contributed by atoms with Crippen molar-refractivity contribution < 1.29 is 0 Å². The van der Waals surface area contributed by atoms with Crippen LogP contribution < -0.4 is 16.4 Å². The van der Waals surface area contributed by atoms with Crippen LogP contribution in [0.3, 0.4) is 0 Å². The third-order valence-electron chi connectivity index (χ3n) is 4.88. The molecule has 1 fully saturated rings. The van der Waals surface area contributed by atoms with Gasteiger partial charge >= 0.3 is 0 Å². The third kappa shape index (κ3) is 3.52. The van der Waals surface area contributed by atoms with Crippen LogP contribution in [-0.4, -0.2) is 52.6 Å². The zero-order chi connectivity index (χ0) is 18.8. The highest BCUT2D eigenvalue weighted by molar-refractivity contribution is 5.50. The Morgan fingerprint density at radius 3 is 2.63 bits per heavy atom. The van der Waals surface area contributed by atoms with E-state index >= 15 is 0 Å². The fourth-order valence-electron chi connectivity index (χ4n) is 3.57. The van der Waals surface area contributed by atoms with Gasteiger partial charge in [0.1, 0.15) is 36.7 Å². The molecule has 4 rings (SSSR count). The van der Waals surface area contributed by atoms with Crippen LogP contribution in [0.1, 0.15) is 37.3 Å². The van der Waals surface area contributed by atoms with Crippen LogP contribution in [0.2, 0.25) is 0 Å². The van der Waals surface area contributed by atoms with Crippen molar-refractivity contribution in [1.82, 2.24) is 39.5 Å². The van der Waals surface area contributed by atoms with Gasteiger partial charge < -0.3 is 20.9 Å². The Morgan fingerprint density at radius 1 is 1.15 bits per heavy atom. The maximum Gasteiger partial charge on any atom is 0.223 e. The first-order valence-corrected chi connectivity index (χ1v) is 9.03. The Kier molecular flexibility index (Phi) is 4.57. The lowest BCUT2D eigenvalue weighted by molar-refractivity contribution is 0.461. The highest BCUT2D eigenvalue weighted by Crippen LogP contribution is 2.30. The van der Waals surface area contributed by atoms with Gasteiger partial charge in [-0.1, -0.05) is 0 Å². The van der Waals surface area contributed by atoms with E-state index in [1.165, 1.54) is 6.33 Å². The molecule has 0 atom stereocenters. The zero-order valence-electron chi connectivity index (χ0n) is 15.2. The molecule has 142 valence electrons. The number of nitrogen functional groups attached to an aromatic ring is 2. The van der Waals surface area contributed by atoms with Crippen molar-refractivity contribution in [3.05, 3.63) is 30.4 Å². The summed E-state index contributed by atoms with van der Waals surface area (Å²) in [6.07, 6.45) is 5.14. The summed E-state index contributed by atoms with van der Waals surface area (Å²) in [4.78, 5) is 14.4. The number of nitrogens with zero attached hydrogens (tertiary/aromatic N) is 9. The molecule has 27 heavy (non-hydrogen) atoms. The van der Waals surface area contributed by atoms with Gasteiger partial charge in [-0.15, -0.1) is 10.2 Å².